The highest BCUT2D eigenvalue weighted by molar-refractivity contribution is 5.90. The fourth-order valence-corrected chi connectivity index (χ4v) is 4.39. The number of nitrogens with one attached hydrogen (secondary N) is 1. The zero-order valence-corrected chi connectivity index (χ0v) is 20.6. The van der Waals surface area contributed by atoms with Crippen LogP contribution in [0.5, 0.6) is 11.5 Å². The van der Waals surface area contributed by atoms with Crippen molar-refractivity contribution in [1.29, 1.82) is 0 Å². The van der Waals surface area contributed by atoms with Crippen LogP contribution in [-0.2, 0) is 4.74 Å². The van der Waals surface area contributed by atoms with E-state index in [0.717, 1.165) is 24.2 Å². The Kier molecular flexibility index (Phi) is 6.22. The Labute approximate surface area is 208 Å². The molecule has 1 saturated heterocycles. The van der Waals surface area contributed by atoms with Gasteiger partial charge in [0.2, 0.25) is 0 Å². The van der Waals surface area contributed by atoms with Crippen molar-refractivity contribution in [2.24, 2.45) is 0 Å². The molecule has 9 heteroatoms. The number of piperidine rings is 1. The lowest BCUT2D eigenvalue weighted by atomic mass is 10.1. The zero-order valence-electron chi connectivity index (χ0n) is 20.6. The van der Waals surface area contributed by atoms with Crippen LogP contribution in [0.1, 0.15) is 39.7 Å². The van der Waals surface area contributed by atoms with E-state index in [2.05, 4.69) is 9.97 Å². The Balaban J connectivity index is 1.46. The maximum Gasteiger partial charge on any atom is 0.410 e. The SMILES string of the molecule is CC(C)(C)OC(=O)N1CCC[C@@H](n2nc(-c3ccc(Oc4ccccc4)cc3)c3c(=O)[nH]cnc32)C1. The summed E-state index contributed by atoms with van der Waals surface area (Å²) in [6.07, 6.45) is 2.66. The second-order valence-electron chi connectivity index (χ2n) is 9.89. The first-order valence-corrected chi connectivity index (χ1v) is 12.1. The van der Waals surface area contributed by atoms with Crippen LogP contribution in [0.2, 0.25) is 0 Å². The number of benzene rings is 2. The quantitative estimate of drug-likeness (QED) is 0.427. The van der Waals surface area contributed by atoms with Gasteiger partial charge in [0.05, 0.1) is 12.4 Å². The lowest BCUT2D eigenvalue weighted by molar-refractivity contribution is 0.0169. The Morgan fingerprint density at radius 3 is 2.50 bits per heavy atom. The topological polar surface area (TPSA) is 102 Å². The predicted octanol–water partition coefficient (Wildman–Crippen LogP) is 5.15. The molecule has 2 aromatic carbocycles. The van der Waals surface area contributed by atoms with Crippen molar-refractivity contribution < 1.29 is 14.3 Å². The summed E-state index contributed by atoms with van der Waals surface area (Å²) in [6.45, 7) is 6.61. The number of ether oxygens (including phenoxy) is 2. The van der Waals surface area contributed by atoms with Crippen LogP contribution in [0.25, 0.3) is 22.3 Å². The van der Waals surface area contributed by atoms with Gasteiger partial charge in [-0.25, -0.2) is 14.5 Å². The second kappa shape index (κ2) is 9.49. The molecule has 0 saturated carbocycles. The molecular weight excluding hydrogens is 458 g/mol. The summed E-state index contributed by atoms with van der Waals surface area (Å²) in [6, 6.07) is 16.9. The lowest BCUT2D eigenvalue weighted by Gasteiger charge is -2.34. The van der Waals surface area contributed by atoms with Crippen LogP contribution in [0.15, 0.2) is 65.7 Å². The summed E-state index contributed by atoms with van der Waals surface area (Å²) in [5.74, 6) is 1.42. The van der Waals surface area contributed by atoms with Crippen molar-refractivity contribution in [3.63, 3.8) is 0 Å². The van der Waals surface area contributed by atoms with Crippen molar-refractivity contribution >= 4 is 17.1 Å². The molecule has 4 aromatic rings. The van der Waals surface area contributed by atoms with E-state index in [1.54, 1.807) is 9.58 Å². The number of nitrogens with zero attached hydrogens (tertiary/aromatic N) is 4. The van der Waals surface area contributed by atoms with Crippen LogP contribution < -0.4 is 10.3 Å². The molecule has 0 bridgehead atoms. The number of fused-ring (bicyclic) bond motifs is 1. The largest absolute Gasteiger partial charge is 0.457 e. The van der Waals surface area contributed by atoms with Crippen LogP contribution in [0.4, 0.5) is 4.79 Å². The van der Waals surface area contributed by atoms with Gasteiger partial charge in [0, 0.05) is 18.7 Å². The molecule has 0 unspecified atom stereocenters. The summed E-state index contributed by atoms with van der Waals surface area (Å²) in [7, 11) is 0. The van der Waals surface area contributed by atoms with E-state index in [-0.39, 0.29) is 17.7 Å². The minimum atomic E-state index is -0.569. The second-order valence-corrected chi connectivity index (χ2v) is 9.89. The van der Waals surface area contributed by atoms with E-state index >= 15 is 0 Å². The number of H-pyrrole nitrogens is 1. The molecule has 36 heavy (non-hydrogen) atoms. The molecule has 2 aromatic heterocycles. The molecule has 0 spiro atoms. The summed E-state index contributed by atoms with van der Waals surface area (Å²) in [5.41, 5.74) is 0.985. The van der Waals surface area contributed by atoms with Crippen molar-refractivity contribution in [3.8, 4) is 22.8 Å². The number of rotatable bonds is 4. The molecule has 3 heterocycles. The standard InChI is InChI=1S/C27H29N5O4/c1-27(2,3)36-26(34)31-15-7-8-19(16-31)32-24-22(25(33)29-17-28-24)23(30-32)18-11-13-21(14-12-18)35-20-9-5-4-6-10-20/h4-6,9-14,17,19H,7-8,15-16H2,1-3H3,(H,28,29,33)/t19-/m1/s1. The van der Waals surface area contributed by atoms with Crippen LogP contribution in [0.3, 0.4) is 0 Å². The highest BCUT2D eigenvalue weighted by Crippen LogP contribution is 2.31. The summed E-state index contributed by atoms with van der Waals surface area (Å²) >= 11 is 0. The summed E-state index contributed by atoms with van der Waals surface area (Å²) in [5, 5.41) is 5.26. The molecule has 1 atom stereocenters. The highest BCUT2D eigenvalue weighted by atomic mass is 16.6. The molecule has 5 rings (SSSR count). The van der Waals surface area contributed by atoms with Gasteiger partial charge in [-0.05, 0) is 70.0 Å². The third-order valence-corrected chi connectivity index (χ3v) is 6.00. The van der Waals surface area contributed by atoms with Crippen molar-refractivity contribution in [2.45, 2.75) is 45.3 Å². The molecular formula is C27H29N5O4. The van der Waals surface area contributed by atoms with Crippen molar-refractivity contribution in [2.75, 3.05) is 13.1 Å². The van der Waals surface area contributed by atoms with E-state index in [0.29, 0.717) is 35.6 Å². The maximum absolute atomic E-state index is 12.8. The molecule has 9 nitrogen and oxygen atoms in total. The van der Waals surface area contributed by atoms with Crippen LogP contribution in [0, 0.1) is 0 Å². The first kappa shape index (κ1) is 23.6. The Bertz CT molecular complexity index is 1420. The van der Waals surface area contributed by atoms with E-state index in [4.69, 9.17) is 14.6 Å². The van der Waals surface area contributed by atoms with E-state index < -0.39 is 5.60 Å². The van der Waals surface area contributed by atoms with Gasteiger partial charge in [-0.1, -0.05) is 18.2 Å². The molecule has 0 aliphatic carbocycles. The number of aromatic amines is 1. The van der Waals surface area contributed by atoms with Crippen molar-refractivity contribution in [3.05, 3.63) is 71.3 Å². The fourth-order valence-electron chi connectivity index (χ4n) is 4.39. The number of hydrogen-bond acceptors (Lipinski definition) is 6. The zero-order chi connectivity index (χ0) is 25.3. The predicted molar refractivity (Wildman–Crippen MR) is 136 cm³/mol. The number of amides is 1. The van der Waals surface area contributed by atoms with Crippen LogP contribution >= 0.6 is 0 Å². The van der Waals surface area contributed by atoms with Gasteiger partial charge in [-0.3, -0.25) is 4.79 Å². The Hall–Kier alpha value is -4.14. The van der Waals surface area contributed by atoms with Gasteiger partial charge in [0.15, 0.2) is 5.65 Å². The van der Waals surface area contributed by atoms with Gasteiger partial charge in [-0.2, -0.15) is 5.10 Å². The number of aromatic nitrogens is 4. The smallest absolute Gasteiger partial charge is 0.410 e. The van der Waals surface area contributed by atoms with Gasteiger partial charge >= 0.3 is 6.09 Å². The molecule has 0 radical (unpaired) electrons. The molecule has 1 aliphatic rings. The third kappa shape index (κ3) is 4.95. The average Bonchev–Trinajstić information content (AvgIpc) is 3.25. The van der Waals surface area contributed by atoms with Crippen molar-refractivity contribution in [1.82, 2.24) is 24.6 Å². The number of carbonyl (C=O) groups excluding carboxylic acids is 1. The van der Waals surface area contributed by atoms with Crippen LogP contribution in [-0.4, -0.2) is 49.4 Å². The first-order valence-electron chi connectivity index (χ1n) is 12.1. The Morgan fingerprint density at radius 2 is 1.78 bits per heavy atom. The third-order valence-electron chi connectivity index (χ3n) is 6.00. The number of likely N-dealkylation sites (tertiary alicyclic amines) is 1. The Morgan fingerprint density at radius 1 is 1.06 bits per heavy atom. The normalized spacial score (nSPS) is 16.2. The van der Waals surface area contributed by atoms with E-state index in [1.807, 2.05) is 75.4 Å². The summed E-state index contributed by atoms with van der Waals surface area (Å²) < 4.78 is 13.2. The molecule has 1 N–H and O–H groups in total. The average molecular weight is 488 g/mol. The minimum Gasteiger partial charge on any atom is -0.457 e. The highest BCUT2D eigenvalue weighted by Gasteiger charge is 2.31. The fraction of sp³-hybridized carbons (Fsp3) is 0.333. The minimum absolute atomic E-state index is 0.127. The first-order chi connectivity index (χ1) is 17.3. The molecule has 1 aliphatic heterocycles. The monoisotopic (exact) mass is 487 g/mol. The van der Waals surface area contributed by atoms with E-state index in [9.17, 15) is 9.59 Å². The number of carbonyl (C=O) groups is 1. The molecule has 1 fully saturated rings. The van der Waals surface area contributed by atoms with Gasteiger partial charge in [-0.15, -0.1) is 0 Å². The number of para-hydroxylation sites is 1. The number of hydrogen-bond donors (Lipinski definition) is 1. The lowest BCUT2D eigenvalue weighted by Crippen LogP contribution is -2.43. The summed E-state index contributed by atoms with van der Waals surface area (Å²) in [4.78, 5) is 34.4. The molecule has 186 valence electrons. The van der Waals surface area contributed by atoms with Gasteiger partial charge in [0.25, 0.3) is 5.56 Å². The van der Waals surface area contributed by atoms with Gasteiger partial charge in [0.1, 0.15) is 28.2 Å². The van der Waals surface area contributed by atoms with Gasteiger partial charge < -0.3 is 19.4 Å². The molecule has 1 amide bonds. The maximum atomic E-state index is 12.8. The van der Waals surface area contributed by atoms with E-state index in [1.165, 1.54) is 6.33 Å².